The van der Waals surface area contributed by atoms with E-state index in [2.05, 4.69) is 15.4 Å². The van der Waals surface area contributed by atoms with Crippen LogP contribution in [0.5, 0.6) is 0 Å². The second-order valence-corrected chi connectivity index (χ2v) is 10.0. The lowest BCUT2D eigenvalue weighted by atomic mass is 10.1. The molecule has 31 heavy (non-hydrogen) atoms. The molecule has 0 spiro atoms. The van der Waals surface area contributed by atoms with Crippen LogP contribution in [0, 0.1) is 5.82 Å². The lowest BCUT2D eigenvalue weighted by Crippen LogP contribution is -2.29. The molecule has 1 fully saturated rings. The molecule has 164 valence electrons. The number of hydrogen-bond donors (Lipinski definition) is 2. The Hall–Kier alpha value is -2.00. The first-order valence-corrected chi connectivity index (χ1v) is 11.9. The van der Waals surface area contributed by atoms with Crippen LogP contribution in [0.2, 0.25) is 10.0 Å². The van der Waals surface area contributed by atoms with Gasteiger partial charge in [-0.15, -0.1) is 0 Å². The number of hydrogen-bond acceptors (Lipinski definition) is 5. The highest BCUT2D eigenvalue weighted by atomic mass is 35.5. The first kappa shape index (κ1) is 22.2. The van der Waals surface area contributed by atoms with E-state index < -0.39 is 21.9 Å². The molecule has 1 saturated heterocycles. The summed E-state index contributed by atoms with van der Waals surface area (Å²) in [4.78, 5) is 4.58. The molecule has 0 bridgehead atoms. The zero-order valence-electron chi connectivity index (χ0n) is 16.8. The van der Waals surface area contributed by atoms with Gasteiger partial charge in [-0.05, 0) is 51.1 Å². The molecule has 0 amide bonds. The van der Waals surface area contributed by atoms with Crippen LogP contribution in [-0.2, 0) is 10.8 Å². The van der Waals surface area contributed by atoms with E-state index in [0.29, 0.717) is 10.9 Å². The average Bonchev–Trinajstić information content (AvgIpc) is 3.27. The molecule has 3 N–H and O–H groups in total. The molecule has 2 atom stereocenters. The van der Waals surface area contributed by atoms with Crippen LogP contribution in [0.25, 0.3) is 11.1 Å². The van der Waals surface area contributed by atoms with Gasteiger partial charge in [-0.25, -0.2) is 9.37 Å². The minimum Gasteiger partial charge on any atom is -0.383 e. The summed E-state index contributed by atoms with van der Waals surface area (Å²) in [5.74, 6) is -0.474. The van der Waals surface area contributed by atoms with Gasteiger partial charge in [-0.3, -0.25) is 8.89 Å². The topological polar surface area (TPSA) is 85.8 Å². The maximum Gasteiger partial charge on any atom is 0.142 e. The summed E-state index contributed by atoms with van der Waals surface area (Å²) in [6, 6.07) is 4.67. The number of pyridine rings is 1. The quantitative estimate of drug-likeness (QED) is 0.512. The van der Waals surface area contributed by atoms with Crippen LogP contribution in [0.1, 0.15) is 36.6 Å². The molecule has 1 aliphatic heterocycles. The maximum absolute atomic E-state index is 14.0. The monoisotopic (exact) mass is 481 g/mol. The van der Waals surface area contributed by atoms with Crippen LogP contribution in [0.4, 0.5) is 10.2 Å². The second kappa shape index (κ2) is 9.24. The van der Waals surface area contributed by atoms with E-state index in [4.69, 9.17) is 28.9 Å². The molecular weight excluding hydrogens is 460 g/mol. The number of benzene rings is 1. The Morgan fingerprint density at radius 3 is 2.74 bits per heavy atom. The van der Waals surface area contributed by atoms with Gasteiger partial charge in [0.05, 0.1) is 38.2 Å². The molecule has 3 aromatic rings. The molecule has 0 saturated carbocycles. The third-order valence-corrected chi connectivity index (χ3v) is 7.88. The summed E-state index contributed by atoms with van der Waals surface area (Å²) < 4.78 is 29.3. The van der Waals surface area contributed by atoms with E-state index in [1.807, 2.05) is 10.9 Å². The van der Waals surface area contributed by atoms with Crippen molar-refractivity contribution in [3.8, 4) is 11.1 Å². The number of piperidine rings is 1. The first-order chi connectivity index (χ1) is 14.9. The summed E-state index contributed by atoms with van der Waals surface area (Å²) in [5.41, 5.74) is 7.93. The van der Waals surface area contributed by atoms with E-state index in [-0.39, 0.29) is 21.4 Å². The molecular formula is C21H22Cl2FN5OS. The summed E-state index contributed by atoms with van der Waals surface area (Å²) >= 11 is 12.3. The fraction of sp³-hybridized carbons (Fsp3) is 0.333. The third-order valence-electron chi connectivity index (χ3n) is 5.52. The molecule has 1 aliphatic rings. The highest BCUT2D eigenvalue weighted by molar-refractivity contribution is 7.85. The number of aromatic nitrogens is 3. The van der Waals surface area contributed by atoms with Gasteiger partial charge in [0.15, 0.2) is 0 Å². The minimum atomic E-state index is -1.66. The molecule has 4 rings (SSSR count). The van der Waals surface area contributed by atoms with E-state index in [0.717, 1.165) is 37.1 Å². The van der Waals surface area contributed by atoms with Gasteiger partial charge < -0.3 is 11.1 Å². The molecule has 2 unspecified atom stereocenters. The molecule has 0 aliphatic carbocycles. The van der Waals surface area contributed by atoms with E-state index in [1.165, 1.54) is 12.1 Å². The van der Waals surface area contributed by atoms with Crippen LogP contribution in [0.15, 0.2) is 41.7 Å². The Kier molecular flexibility index (Phi) is 6.62. The number of rotatable bonds is 5. The normalized spacial score (nSPS) is 16.9. The number of anilines is 1. The van der Waals surface area contributed by atoms with E-state index in [9.17, 15) is 8.60 Å². The fourth-order valence-electron chi connectivity index (χ4n) is 3.75. The predicted molar refractivity (Wildman–Crippen MR) is 122 cm³/mol. The molecule has 0 radical (unpaired) electrons. The highest BCUT2D eigenvalue weighted by Crippen LogP contribution is 2.38. The Labute approximate surface area is 192 Å². The van der Waals surface area contributed by atoms with Crippen molar-refractivity contribution >= 4 is 39.8 Å². The van der Waals surface area contributed by atoms with Gasteiger partial charge in [0.2, 0.25) is 0 Å². The summed E-state index contributed by atoms with van der Waals surface area (Å²) in [6.07, 6.45) is 7.41. The molecule has 6 nitrogen and oxygen atoms in total. The molecule has 3 heterocycles. The predicted octanol–water partition coefficient (Wildman–Crippen LogP) is 4.77. The van der Waals surface area contributed by atoms with Gasteiger partial charge in [0, 0.05) is 34.1 Å². The maximum atomic E-state index is 14.0. The highest BCUT2D eigenvalue weighted by Gasteiger charge is 2.25. The fourth-order valence-corrected chi connectivity index (χ4v) is 5.91. The Morgan fingerprint density at radius 1 is 1.26 bits per heavy atom. The molecule has 10 heteroatoms. The number of nitrogen functional groups attached to an aromatic ring is 1. The number of nitrogens with zero attached hydrogens (tertiary/aromatic N) is 3. The first-order valence-electron chi connectivity index (χ1n) is 9.91. The summed E-state index contributed by atoms with van der Waals surface area (Å²) in [5, 5.41) is 7.27. The smallest absolute Gasteiger partial charge is 0.142 e. The minimum absolute atomic E-state index is 0.140. The summed E-state index contributed by atoms with van der Waals surface area (Å²) in [6.45, 7) is 3.61. The Morgan fingerprint density at radius 2 is 2.00 bits per heavy atom. The zero-order valence-corrected chi connectivity index (χ0v) is 19.1. The SMILES string of the molecule is CC(c1c(Cl)ccc(F)c1Cl)S(=O)c1cc(-c2cnn(C3CCNCC3)c2)cnc1N. The van der Waals surface area contributed by atoms with Crippen molar-refractivity contribution < 1.29 is 8.60 Å². The van der Waals surface area contributed by atoms with Crippen LogP contribution in [-0.4, -0.2) is 32.1 Å². The van der Waals surface area contributed by atoms with E-state index >= 15 is 0 Å². The van der Waals surface area contributed by atoms with Gasteiger partial charge >= 0.3 is 0 Å². The van der Waals surface area contributed by atoms with Gasteiger partial charge in [0.25, 0.3) is 0 Å². The Balaban J connectivity index is 1.65. The van der Waals surface area contributed by atoms with Gasteiger partial charge in [-0.2, -0.15) is 5.10 Å². The van der Waals surface area contributed by atoms with Gasteiger partial charge in [0.1, 0.15) is 11.6 Å². The molecule has 1 aromatic carbocycles. The number of nitrogens with one attached hydrogen (secondary N) is 1. The van der Waals surface area contributed by atoms with Crippen LogP contribution >= 0.6 is 23.2 Å². The lowest BCUT2D eigenvalue weighted by molar-refractivity contribution is 0.343. The van der Waals surface area contributed by atoms with E-state index in [1.54, 1.807) is 25.4 Å². The van der Waals surface area contributed by atoms with Crippen molar-refractivity contribution in [1.82, 2.24) is 20.1 Å². The van der Waals surface area contributed by atoms with Gasteiger partial charge in [-0.1, -0.05) is 23.2 Å². The number of halogens is 3. The number of nitrogens with two attached hydrogens (primary N) is 1. The van der Waals surface area contributed by atoms with Crippen molar-refractivity contribution in [1.29, 1.82) is 0 Å². The standard InChI is InChI=1S/C21H22Cl2FN5OS/c1-12(19-16(22)2-3-17(24)20(19)23)31(30)18-8-13(9-27-21(18)25)14-10-28-29(11-14)15-4-6-26-7-5-15/h2-3,8-12,15,26H,4-7H2,1H3,(H2,25,27). The van der Waals surface area contributed by atoms with Crippen LogP contribution in [0.3, 0.4) is 0 Å². The van der Waals surface area contributed by atoms with Crippen molar-refractivity contribution in [3.05, 3.63) is 58.2 Å². The molecule has 2 aromatic heterocycles. The Bertz CT molecular complexity index is 1130. The van der Waals surface area contributed by atoms with Crippen molar-refractivity contribution in [3.63, 3.8) is 0 Å². The van der Waals surface area contributed by atoms with Crippen LogP contribution < -0.4 is 11.1 Å². The van der Waals surface area contributed by atoms with Crippen molar-refractivity contribution in [2.75, 3.05) is 18.8 Å². The largest absolute Gasteiger partial charge is 0.383 e. The second-order valence-electron chi connectivity index (χ2n) is 7.49. The summed E-state index contributed by atoms with van der Waals surface area (Å²) in [7, 11) is -1.66. The average molecular weight is 482 g/mol. The van der Waals surface area contributed by atoms with Crippen molar-refractivity contribution in [2.24, 2.45) is 0 Å². The zero-order chi connectivity index (χ0) is 22.1. The third kappa shape index (κ3) is 4.48. The van der Waals surface area contributed by atoms with Crippen molar-refractivity contribution in [2.45, 2.75) is 36.0 Å². The lowest BCUT2D eigenvalue weighted by Gasteiger charge is -2.22.